The summed E-state index contributed by atoms with van der Waals surface area (Å²) in [4.78, 5) is 49.1. The number of carbonyl (C=O) groups excluding carboxylic acids is 2. The molecule has 0 saturated carbocycles. The van der Waals surface area contributed by atoms with E-state index in [1.54, 1.807) is 18.2 Å². The molecule has 2 aromatic carbocycles. The molecule has 0 aliphatic carbocycles. The molecular formula is C23H16BrNO7. The minimum absolute atomic E-state index is 0.0579. The fraction of sp³-hybridized carbons (Fsp3) is 0.130. The number of carbonyl (C=O) groups is 2. The molecule has 0 unspecified atom stereocenters. The van der Waals surface area contributed by atoms with Gasteiger partial charge in [-0.1, -0.05) is 22.9 Å². The van der Waals surface area contributed by atoms with Gasteiger partial charge in [0.15, 0.2) is 0 Å². The number of esters is 1. The SMILES string of the molecule is CCCNC(=O)c1cc2ccc(OC(=O)c3cc4cc(Br)ccc4oc3=O)cc2oc1=O. The third-order valence-corrected chi connectivity index (χ3v) is 5.11. The molecule has 0 saturated heterocycles. The molecule has 0 radical (unpaired) electrons. The van der Waals surface area contributed by atoms with Crippen LogP contribution in [0, 0.1) is 0 Å². The topological polar surface area (TPSA) is 116 Å². The van der Waals surface area contributed by atoms with Crippen LogP contribution < -0.4 is 21.3 Å². The third kappa shape index (κ3) is 4.33. The second kappa shape index (κ2) is 8.80. The van der Waals surface area contributed by atoms with Crippen molar-refractivity contribution < 1.29 is 23.2 Å². The number of halogens is 1. The van der Waals surface area contributed by atoms with E-state index in [0.717, 1.165) is 10.9 Å². The number of fused-ring (bicyclic) bond motifs is 2. The number of amides is 1. The summed E-state index contributed by atoms with van der Waals surface area (Å²) in [6, 6.07) is 12.2. The summed E-state index contributed by atoms with van der Waals surface area (Å²) in [5.74, 6) is -1.38. The maximum Gasteiger partial charge on any atom is 0.351 e. The van der Waals surface area contributed by atoms with Crippen molar-refractivity contribution in [3.63, 3.8) is 0 Å². The number of benzene rings is 2. The highest BCUT2D eigenvalue weighted by atomic mass is 79.9. The summed E-state index contributed by atoms with van der Waals surface area (Å²) < 4.78 is 16.4. The van der Waals surface area contributed by atoms with Crippen molar-refractivity contribution >= 4 is 49.7 Å². The standard InChI is InChI=1S/C23H16BrNO7/c1-2-7-25-20(26)16-9-12-3-5-15(11-19(12)32-21(16)27)30-22(28)17-10-13-8-14(24)4-6-18(13)31-23(17)29/h3-6,8-11H,2,7H2,1H3,(H,25,26). The normalized spacial score (nSPS) is 10.9. The molecule has 0 aliphatic rings. The zero-order valence-corrected chi connectivity index (χ0v) is 18.4. The van der Waals surface area contributed by atoms with E-state index in [1.807, 2.05) is 6.92 Å². The van der Waals surface area contributed by atoms with Gasteiger partial charge in [0.05, 0.1) is 0 Å². The highest BCUT2D eigenvalue weighted by molar-refractivity contribution is 9.10. The zero-order valence-electron chi connectivity index (χ0n) is 16.8. The third-order valence-electron chi connectivity index (χ3n) is 4.61. The number of hydrogen-bond donors (Lipinski definition) is 1. The van der Waals surface area contributed by atoms with Crippen LogP contribution in [0.5, 0.6) is 5.75 Å². The van der Waals surface area contributed by atoms with E-state index in [4.69, 9.17) is 13.6 Å². The number of hydrogen-bond acceptors (Lipinski definition) is 7. The van der Waals surface area contributed by atoms with Crippen LogP contribution in [-0.4, -0.2) is 18.4 Å². The van der Waals surface area contributed by atoms with Crippen LogP contribution in [-0.2, 0) is 0 Å². The van der Waals surface area contributed by atoms with Gasteiger partial charge < -0.3 is 18.9 Å². The Morgan fingerprint density at radius 1 is 0.906 bits per heavy atom. The van der Waals surface area contributed by atoms with Gasteiger partial charge in [-0.3, -0.25) is 4.79 Å². The van der Waals surface area contributed by atoms with Crippen molar-refractivity contribution in [1.82, 2.24) is 5.32 Å². The maximum atomic E-state index is 12.6. The van der Waals surface area contributed by atoms with Gasteiger partial charge in [-0.05, 0) is 48.9 Å². The Morgan fingerprint density at radius 3 is 2.41 bits per heavy atom. The number of rotatable bonds is 5. The molecule has 0 aliphatic heterocycles. The average molecular weight is 498 g/mol. The van der Waals surface area contributed by atoms with E-state index in [2.05, 4.69) is 21.2 Å². The summed E-state index contributed by atoms with van der Waals surface area (Å²) in [7, 11) is 0. The van der Waals surface area contributed by atoms with Crippen LogP contribution in [0.25, 0.3) is 21.9 Å². The largest absolute Gasteiger partial charge is 0.423 e. The van der Waals surface area contributed by atoms with Gasteiger partial charge in [-0.15, -0.1) is 0 Å². The van der Waals surface area contributed by atoms with Gasteiger partial charge in [0.25, 0.3) is 5.91 Å². The summed E-state index contributed by atoms with van der Waals surface area (Å²) in [6.07, 6.45) is 0.728. The molecule has 2 heterocycles. The van der Waals surface area contributed by atoms with Crippen molar-refractivity contribution in [3.8, 4) is 5.75 Å². The molecule has 1 amide bonds. The first-order valence-corrected chi connectivity index (χ1v) is 10.5. The Hall–Kier alpha value is -3.72. The Balaban J connectivity index is 1.63. The van der Waals surface area contributed by atoms with E-state index in [9.17, 15) is 19.2 Å². The second-order valence-corrected chi connectivity index (χ2v) is 7.84. The highest BCUT2D eigenvalue weighted by Crippen LogP contribution is 2.23. The summed E-state index contributed by atoms with van der Waals surface area (Å²) in [6.45, 7) is 2.33. The number of nitrogens with one attached hydrogen (secondary N) is 1. The Morgan fingerprint density at radius 2 is 1.62 bits per heavy atom. The van der Waals surface area contributed by atoms with Gasteiger partial charge in [0, 0.05) is 27.9 Å². The van der Waals surface area contributed by atoms with Gasteiger partial charge in [0.2, 0.25) is 0 Å². The van der Waals surface area contributed by atoms with Crippen LogP contribution in [0.15, 0.2) is 71.4 Å². The Bertz CT molecular complexity index is 1490. The lowest BCUT2D eigenvalue weighted by Gasteiger charge is -2.07. The van der Waals surface area contributed by atoms with Crippen LogP contribution in [0.2, 0.25) is 0 Å². The molecule has 32 heavy (non-hydrogen) atoms. The van der Waals surface area contributed by atoms with Gasteiger partial charge in [-0.25, -0.2) is 14.4 Å². The highest BCUT2D eigenvalue weighted by Gasteiger charge is 2.18. The van der Waals surface area contributed by atoms with Crippen LogP contribution in [0.4, 0.5) is 0 Å². The molecule has 2 aromatic heterocycles. The van der Waals surface area contributed by atoms with Crippen molar-refractivity contribution in [2.24, 2.45) is 0 Å². The minimum Gasteiger partial charge on any atom is -0.423 e. The van der Waals surface area contributed by atoms with E-state index in [-0.39, 0.29) is 22.5 Å². The predicted molar refractivity (Wildman–Crippen MR) is 120 cm³/mol. The molecule has 162 valence electrons. The van der Waals surface area contributed by atoms with Gasteiger partial charge in [0.1, 0.15) is 28.0 Å². The van der Waals surface area contributed by atoms with E-state index < -0.39 is 23.1 Å². The quantitative estimate of drug-likeness (QED) is 0.251. The lowest BCUT2D eigenvalue weighted by molar-refractivity contribution is 0.0730. The van der Waals surface area contributed by atoms with E-state index in [1.165, 1.54) is 30.3 Å². The summed E-state index contributed by atoms with van der Waals surface area (Å²) in [5, 5.41) is 3.64. The molecule has 9 heteroatoms. The number of ether oxygens (including phenoxy) is 1. The van der Waals surface area contributed by atoms with Crippen molar-refractivity contribution in [3.05, 3.63) is 85.0 Å². The summed E-state index contributed by atoms with van der Waals surface area (Å²) >= 11 is 3.32. The lowest BCUT2D eigenvalue weighted by atomic mass is 10.1. The molecule has 0 fully saturated rings. The minimum atomic E-state index is -0.919. The maximum absolute atomic E-state index is 12.6. The average Bonchev–Trinajstić information content (AvgIpc) is 2.76. The lowest BCUT2D eigenvalue weighted by Crippen LogP contribution is -2.28. The van der Waals surface area contributed by atoms with Gasteiger partial charge >= 0.3 is 17.2 Å². The van der Waals surface area contributed by atoms with Crippen molar-refractivity contribution in [2.75, 3.05) is 6.54 Å². The predicted octanol–water partition coefficient (Wildman–Crippen LogP) is 4.02. The smallest absolute Gasteiger partial charge is 0.351 e. The van der Waals surface area contributed by atoms with Crippen LogP contribution in [0.1, 0.15) is 34.1 Å². The first kappa shape index (κ1) is 21.5. The Labute approximate surface area is 188 Å². The van der Waals surface area contributed by atoms with Crippen molar-refractivity contribution in [1.29, 1.82) is 0 Å². The van der Waals surface area contributed by atoms with E-state index >= 15 is 0 Å². The second-order valence-electron chi connectivity index (χ2n) is 6.92. The van der Waals surface area contributed by atoms with Crippen LogP contribution >= 0.6 is 15.9 Å². The molecule has 8 nitrogen and oxygen atoms in total. The fourth-order valence-electron chi connectivity index (χ4n) is 3.05. The molecular weight excluding hydrogens is 482 g/mol. The summed E-state index contributed by atoms with van der Waals surface area (Å²) in [5.41, 5.74) is -1.58. The molecule has 4 aromatic rings. The van der Waals surface area contributed by atoms with Crippen LogP contribution in [0.3, 0.4) is 0 Å². The van der Waals surface area contributed by atoms with Crippen molar-refractivity contribution in [2.45, 2.75) is 13.3 Å². The van der Waals surface area contributed by atoms with Gasteiger partial charge in [-0.2, -0.15) is 0 Å². The molecule has 0 spiro atoms. The molecule has 1 N–H and O–H groups in total. The molecule has 0 bridgehead atoms. The Kier molecular flexibility index (Phi) is 5.91. The first-order chi connectivity index (χ1) is 15.4. The molecule has 4 rings (SSSR count). The molecule has 0 atom stereocenters. The monoisotopic (exact) mass is 497 g/mol. The van der Waals surface area contributed by atoms with E-state index in [0.29, 0.717) is 22.9 Å². The first-order valence-electron chi connectivity index (χ1n) is 9.67. The zero-order chi connectivity index (χ0) is 22.8. The fourth-order valence-corrected chi connectivity index (χ4v) is 3.42.